The Balaban J connectivity index is 3.32. The number of aryl methyl sites for hydroxylation is 1. The van der Waals surface area contributed by atoms with Crippen molar-refractivity contribution in [2.24, 2.45) is 5.84 Å². The lowest BCUT2D eigenvalue weighted by Gasteiger charge is -2.29. The van der Waals surface area contributed by atoms with Crippen molar-refractivity contribution in [1.29, 1.82) is 0 Å². The zero-order valence-electron chi connectivity index (χ0n) is 11.8. The van der Waals surface area contributed by atoms with Crippen LogP contribution < -0.4 is 10.6 Å². The standard InChI is InChI=1S/C14H22N2O2/c1-6-10-7-8-12(18-5)11(9-10)14(2,3)13(17)16(4)15/h7-9H,6,15H2,1-5H3. The maximum atomic E-state index is 12.2. The highest BCUT2D eigenvalue weighted by atomic mass is 16.5. The van der Waals surface area contributed by atoms with Crippen molar-refractivity contribution in [3.8, 4) is 5.75 Å². The molecule has 0 saturated carbocycles. The van der Waals surface area contributed by atoms with Crippen molar-refractivity contribution in [1.82, 2.24) is 5.01 Å². The molecular formula is C14H22N2O2. The number of hydrogen-bond donors (Lipinski definition) is 1. The monoisotopic (exact) mass is 250 g/mol. The molecule has 0 bridgehead atoms. The first-order chi connectivity index (χ1) is 8.34. The van der Waals surface area contributed by atoms with Crippen LogP contribution in [0.25, 0.3) is 0 Å². The molecule has 0 atom stereocenters. The second kappa shape index (κ2) is 5.40. The van der Waals surface area contributed by atoms with Crippen molar-refractivity contribution in [2.75, 3.05) is 14.2 Å². The number of carbonyl (C=O) groups excluding carboxylic acids is 1. The number of ether oxygens (including phenoxy) is 1. The Bertz CT molecular complexity index is 439. The Morgan fingerprint density at radius 3 is 2.50 bits per heavy atom. The van der Waals surface area contributed by atoms with Crippen LogP contribution in [-0.2, 0) is 16.6 Å². The van der Waals surface area contributed by atoms with Gasteiger partial charge in [0.2, 0.25) is 5.91 Å². The van der Waals surface area contributed by atoms with Gasteiger partial charge in [0, 0.05) is 12.6 Å². The third-order valence-corrected chi connectivity index (χ3v) is 3.20. The van der Waals surface area contributed by atoms with Crippen LogP contribution in [0, 0.1) is 0 Å². The quantitative estimate of drug-likeness (QED) is 0.504. The van der Waals surface area contributed by atoms with E-state index in [1.807, 2.05) is 32.0 Å². The van der Waals surface area contributed by atoms with Gasteiger partial charge in [-0.1, -0.05) is 19.1 Å². The van der Waals surface area contributed by atoms with Gasteiger partial charge < -0.3 is 4.74 Å². The topological polar surface area (TPSA) is 55.6 Å². The van der Waals surface area contributed by atoms with Gasteiger partial charge in [0.25, 0.3) is 0 Å². The summed E-state index contributed by atoms with van der Waals surface area (Å²) in [5, 5.41) is 1.12. The molecule has 1 aromatic carbocycles. The molecule has 0 radical (unpaired) electrons. The summed E-state index contributed by atoms with van der Waals surface area (Å²) in [4.78, 5) is 12.2. The summed E-state index contributed by atoms with van der Waals surface area (Å²) in [6, 6.07) is 5.93. The highest BCUT2D eigenvalue weighted by Gasteiger charge is 2.34. The van der Waals surface area contributed by atoms with Crippen LogP contribution in [-0.4, -0.2) is 25.1 Å². The minimum atomic E-state index is -0.708. The molecule has 1 aromatic rings. The molecule has 0 aliphatic rings. The van der Waals surface area contributed by atoms with E-state index >= 15 is 0 Å². The largest absolute Gasteiger partial charge is 0.496 e. The van der Waals surface area contributed by atoms with Crippen LogP contribution in [0.4, 0.5) is 0 Å². The van der Waals surface area contributed by atoms with Gasteiger partial charge in [-0.15, -0.1) is 0 Å². The third kappa shape index (κ3) is 2.64. The molecule has 0 spiro atoms. The summed E-state index contributed by atoms with van der Waals surface area (Å²) >= 11 is 0. The molecule has 0 aliphatic carbocycles. The Hall–Kier alpha value is -1.55. The number of hydrogen-bond acceptors (Lipinski definition) is 3. The number of hydrazine groups is 1. The number of nitrogens with zero attached hydrogens (tertiary/aromatic N) is 1. The van der Waals surface area contributed by atoms with E-state index < -0.39 is 5.41 Å². The van der Waals surface area contributed by atoms with E-state index in [4.69, 9.17) is 10.6 Å². The van der Waals surface area contributed by atoms with E-state index in [0.717, 1.165) is 17.0 Å². The van der Waals surface area contributed by atoms with Gasteiger partial charge in [-0.3, -0.25) is 9.80 Å². The van der Waals surface area contributed by atoms with Crippen molar-refractivity contribution in [2.45, 2.75) is 32.6 Å². The van der Waals surface area contributed by atoms with Gasteiger partial charge in [0.15, 0.2) is 0 Å². The Kier molecular flexibility index (Phi) is 4.35. The number of rotatable bonds is 4. The SMILES string of the molecule is CCc1ccc(OC)c(C(C)(C)C(=O)N(C)N)c1. The zero-order chi connectivity index (χ0) is 13.9. The maximum Gasteiger partial charge on any atom is 0.246 e. The van der Waals surface area contributed by atoms with Gasteiger partial charge >= 0.3 is 0 Å². The molecule has 0 saturated heterocycles. The fourth-order valence-corrected chi connectivity index (χ4v) is 2.02. The van der Waals surface area contributed by atoms with Gasteiger partial charge in [-0.25, -0.2) is 5.84 Å². The molecule has 0 heterocycles. The lowest BCUT2D eigenvalue weighted by molar-refractivity contribution is -0.135. The summed E-state index contributed by atoms with van der Waals surface area (Å²) in [6.07, 6.45) is 0.916. The van der Waals surface area contributed by atoms with Crippen LogP contribution in [0.1, 0.15) is 31.9 Å². The van der Waals surface area contributed by atoms with E-state index in [-0.39, 0.29) is 5.91 Å². The summed E-state index contributed by atoms with van der Waals surface area (Å²) < 4.78 is 5.35. The molecule has 0 aliphatic heterocycles. The van der Waals surface area contributed by atoms with Crippen LogP contribution in [0.2, 0.25) is 0 Å². The number of carbonyl (C=O) groups is 1. The van der Waals surface area contributed by atoms with Gasteiger partial charge in [-0.05, 0) is 31.9 Å². The molecule has 4 nitrogen and oxygen atoms in total. The first kappa shape index (κ1) is 14.5. The Morgan fingerprint density at radius 2 is 2.06 bits per heavy atom. The molecular weight excluding hydrogens is 228 g/mol. The summed E-state index contributed by atoms with van der Waals surface area (Å²) in [6.45, 7) is 5.79. The minimum Gasteiger partial charge on any atom is -0.496 e. The van der Waals surface area contributed by atoms with Crippen molar-refractivity contribution < 1.29 is 9.53 Å². The number of nitrogens with two attached hydrogens (primary N) is 1. The molecule has 0 fully saturated rings. The number of likely N-dealkylation sites (N-methyl/N-ethyl adjacent to an activating group) is 1. The highest BCUT2D eigenvalue weighted by molar-refractivity contribution is 5.87. The van der Waals surface area contributed by atoms with Crippen LogP contribution in [0.5, 0.6) is 5.75 Å². The van der Waals surface area contributed by atoms with Gasteiger partial charge in [-0.2, -0.15) is 0 Å². The smallest absolute Gasteiger partial charge is 0.246 e. The fraction of sp³-hybridized carbons (Fsp3) is 0.500. The summed E-state index contributed by atoms with van der Waals surface area (Å²) in [5.41, 5.74) is 1.33. The first-order valence-corrected chi connectivity index (χ1v) is 6.04. The van der Waals surface area contributed by atoms with Gasteiger partial charge in [0.05, 0.1) is 12.5 Å². The molecule has 2 N–H and O–H groups in total. The molecule has 100 valence electrons. The maximum absolute atomic E-state index is 12.2. The second-order valence-corrected chi connectivity index (χ2v) is 4.93. The van der Waals surface area contributed by atoms with E-state index in [9.17, 15) is 4.79 Å². The predicted molar refractivity (Wildman–Crippen MR) is 72.4 cm³/mol. The van der Waals surface area contributed by atoms with Crippen LogP contribution >= 0.6 is 0 Å². The van der Waals surface area contributed by atoms with Crippen molar-refractivity contribution in [3.05, 3.63) is 29.3 Å². The summed E-state index contributed by atoms with van der Waals surface area (Å²) in [5.74, 6) is 6.14. The highest BCUT2D eigenvalue weighted by Crippen LogP contribution is 2.33. The molecule has 0 aromatic heterocycles. The predicted octanol–water partition coefficient (Wildman–Crippen LogP) is 1.87. The first-order valence-electron chi connectivity index (χ1n) is 6.04. The molecule has 0 unspecified atom stereocenters. The zero-order valence-corrected chi connectivity index (χ0v) is 11.8. The molecule has 18 heavy (non-hydrogen) atoms. The minimum absolute atomic E-state index is 0.144. The lowest BCUT2D eigenvalue weighted by Crippen LogP contribution is -2.45. The fourth-order valence-electron chi connectivity index (χ4n) is 2.02. The Labute approximate surface area is 109 Å². The van der Waals surface area contributed by atoms with E-state index in [2.05, 4.69) is 6.92 Å². The number of amides is 1. The number of methoxy groups -OCH3 is 1. The number of benzene rings is 1. The molecule has 1 amide bonds. The van der Waals surface area contributed by atoms with E-state index in [0.29, 0.717) is 5.75 Å². The average molecular weight is 250 g/mol. The average Bonchev–Trinajstić information content (AvgIpc) is 2.36. The van der Waals surface area contributed by atoms with E-state index in [1.165, 1.54) is 5.56 Å². The third-order valence-electron chi connectivity index (χ3n) is 3.20. The normalized spacial score (nSPS) is 11.2. The summed E-state index contributed by atoms with van der Waals surface area (Å²) in [7, 11) is 3.16. The van der Waals surface area contributed by atoms with E-state index in [1.54, 1.807) is 14.2 Å². The lowest BCUT2D eigenvalue weighted by atomic mass is 9.82. The van der Waals surface area contributed by atoms with Crippen LogP contribution in [0.15, 0.2) is 18.2 Å². The van der Waals surface area contributed by atoms with Gasteiger partial charge in [0.1, 0.15) is 5.75 Å². The molecule has 4 heteroatoms. The van der Waals surface area contributed by atoms with Crippen LogP contribution in [0.3, 0.4) is 0 Å². The molecule has 1 rings (SSSR count). The Morgan fingerprint density at radius 1 is 1.44 bits per heavy atom. The van der Waals surface area contributed by atoms with Crippen molar-refractivity contribution >= 4 is 5.91 Å². The second-order valence-electron chi connectivity index (χ2n) is 4.93. The van der Waals surface area contributed by atoms with Crippen molar-refractivity contribution in [3.63, 3.8) is 0 Å².